The molecule has 1 aromatic rings. The number of hydrogen-bond donors (Lipinski definition) is 2. The summed E-state index contributed by atoms with van der Waals surface area (Å²) < 4.78 is 5.57. The summed E-state index contributed by atoms with van der Waals surface area (Å²) in [6.07, 6.45) is 0.915. The Morgan fingerprint density at radius 1 is 1.35 bits per heavy atom. The summed E-state index contributed by atoms with van der Waals surface area (Å²) in [5.41, 5.74) is -0.719. The van der Waals surface area contributed by atoms with Crippen molar-refractivity contribution in [2.75, 3.05) is 27.2 Å². The third-order valence-electron chi connectivity index (χ3n) is 2.53. The minimum atomic E-state index is -0.719. The van der Waals surface area contributed by atoms with Crippen molar-refractivity contribution in [3.05, 3.63) is 23.7 Å². The smallest absolute Gasteiger partial charge is 0.117 e. The molecule has 0 aliphatic heterocycles. The highest BCUT2D eigenvalue weighted by Crippen LogP contribution is 2.09. The van der Waals surface area contributed by atoms with E-state index in [0.717, 1.165) is 17.9 Å². The van der Waals surface area contributed by atoms with E-state index in [4.69, 9.17) is 4.42 Å². The number of likely N-dealkylation sites (N-methyl/N-ethyl adjacent to an activating group) is 1. The molecule has 1 unspecified atom stereocenters. The second-order valence-corrected chi connectivity index (χ2v) is 5.06. The Morgan fingerprint density at radius 2 is 2.00 bits per heavy atom. The first kappa shape index (κ1) is 14.2. The van der Waals surface area contributed by atoms with E-state index in [1.54, 1.807) is 0 Å². The van der Waals surface area contributed by atoms with E-state index < -0.39 is 5.60 Å². The zero-order valence-corrected chi connectivity index (χ0v) is 11.3. The number of aliphatic hydroxyl groups is 1. The van der Waals surface area contributed by atoms with E-state index in [2.05, 4.69) is 12.2 Å². The first-order valence-electron chi connectivity index (χ1n) is 6.08. The molecule has 0 amide bonds. The summed E-state index contributed by atoms with van der Waals surface area (Å²) in [5.74, 6) is 1.92. The van der Waals surface area contributed by atoms with Gasteiger partial charge in [-0.25, -0.2) is 0 Å². The molecule has 0 spiro atoms. The molecule has 0 aliphatic rings. The second-order valence-electron chi connectivity index (χ2n) is 5.06. The van der Waals surface area contributed by atoms with Gasteiger partial charge >= 0.3 is 0 Å². The van der Waals surface area contributed by atoms with Crippen LogP contribution in [0.1, 0.15) is 25.4 Å². The molecule has 1 heterocycles. The third-order valence-corrected chi connectivity index (χ3v) is 2.53. The second kappa shape index (κ2) is 6.19. The van der Waals surface area contributed by atoms with Gasteiger partial charge in [0.1, 0.15) is 11.5 Å². The highest BCUT2D eigenvalue weighted by Gasteiger charge is 2.20. The lowest BCUT2D eigenvalue weighted by molar-refractivity contribution is 0.0332. The van der Waals surface area contributed by atoms with E-state index in [1.807, 2.05) is 38.1 Å². The fourth-order valence-corrected chi connectivity index (χ4v) is 1.90. The lowest BCUT2D eigenvalue weighted by atomic mass is 10.1. The highest BCUT2D eigenvalue weighted by atomic mass is 16.3. The van der Waals surface area contributed by atoms with Crippen LogP contribution in [0.25, 0.3) is 0 Å². The Balaban J connectivity index is 2.31. The van der Waals surface area contributed by atoms with Gasteiger partial charge in [0.05, 0.1) is 12.1 Å². The van der Waals surface area contributed by atoms with Crippen molar-refractivity contribution in [1.29, 1.82) is 0 Å². The van der Waals surface area contributed by atoms with E-state index in [1.165, 1.54) is 0 Å². The van der Waals surface area contributed by atoms with Crippen molar-refractivity contribution in [2.24, 2.45) is 0 Å². The molecular weight excluding hydrogens is 216 g/mol. The highest BCUT2D eigenvalue weighted by molar-refractivity contribution is 5.06. The maximum atomic E-state index is 10.1. The molecule has 2 N–H and O–H groups in total. The van der Waals surface area contributed by atoms with Gasteiger partial charge in [0.15, 0.2) is 0 Å². The standard InChI is InChI=1S/C13H24N2O2/c1-5-11-6-7-12(17-11)8-14-9-13(2,16)10-15(3)4/h6-7,14,16H,5,8-10H2,1-4H3. The van der Waals surface area contributed by atoms with Crippen molar-refractivity contribution in [2.45, 2.75) is 32.4 Å². The van der Waals surface area contributed by atoms with Crippen LogP contribution in [0.3, 0.4) is 0 Å². The molecule has 0 saturated carbocycles. The van der Waals surface area contributed by atoms with Crippen LogP contribution >= 0.6 is 0 Å². The number of hydrogen-bond acceptors (Lipinski definition) is 4. The van der Waals surface area contributed by atoms with Crippen LogP contribution in [0.4, 0.5) is 0 Å². The first-order valence-corrected chi connectivity index (χ1v) is 6.08. The molecule has 0 radical (unpaired) electrons. The molecule has 0 saturated heterocycles. The number of aryl methyl sites for hydroxylation is 1. The number of furan rings is 1. The number of nitrogens with zero attached hydrogens (tertiary/aromatic N) is 1. The van der Waals surface area contributed by atoms with E-state index in [0.29, 0.717) is 19.6 Å². The van der Waals surface area contributed by atoms with Gasteiger partial charge in [-0.3, -0.25) is 0 Å². The summed E-state index contributed by atoms with van der Waals surface area (Å²) in [6.45, 7) is 5.74. The average Bonchev–Trinajstić information content (AvgIpc) is 2.63. The summed E-state index contributed by atoms with van der Waals surface area (Å²) in [5, 5.41) is 13.3. The van der Waals surface area contributed by atoms with E-state index in [-0.39, 0.29) is 0 Å². The zero-order chi connectivity index (χ0) is 12.9. The Labute approximate surface area is 104 Å². The molecule has 1 rings (SSSR count). The monoisotopic (exact) mass is 240 g/mol. The topological polar surface area (TPSA) is 48.6 Å². The van der Waals surface area contributed by atoms with Crippen LogP contribution in [-0.2, 0) is 13.0 Å². The molecule has 98 valence electrons. The Bertz CT molecular complexity index is 332. The minimum absolute atomic E-state index is 0.549. The zero-order valence-electron chi connectivity index (χ0n) is 11.3. The van der Waals surface area contributed by atoms with Crippen molar-refractivity contribution < 1.29 is 9.52 Å². The van der Waals surface area contributed by atoms with E-state index >= 15 is 0 Å². The quantitative estimate of drug-likeness (QED) is 0.753. The van der Waals surface area contributed by atoms with Crippen LogP contribution < -0.4 is 5.32 Å². The predicted octanol–water partition coefficient (Wildman–Crippen LogP) is 1.24. The molecule has 0 aromatic carbocycles. The fourth-order valence-electron chi connectivity index (χ4n) is 1.90. The van der Waals surface area contributed by atoms with Gasteiger partial charge in [0, 0.05) is 19.5 Å². The summed E-state index contributed by atoms with van der Waals surface area (Å²) in [6, 6.07) is 3.97. The summed E-state index contributed by atoms with van der Waals surface area (Å²) in [4.78, 5) is 1.98. The predicted molar refractivity (Wildman–Crippen MR) is 69.0 cm³/mol. The van der Waals surface area contributed by atoms with Gasteiger partial charge in [-0.15, -0.1) is 0 Å². The lowest BCUT2D eigenvalue weighted by Gasteiger charge is -2.27. The normalized spacial score (nSPS) is 15.2. The molecule has 0 bridgehead atoms. The van der Waals surface area contributed by atoms with Gasteiger partial charge in [0.25, 0.3) is 0 Å². The molecule has 0 fully saturated rings. The Hall–Kier alpha value is -0.840. The molecule has 4 nitrogen and oxygen atoms in total. The first-order chi connectivity index (χ1) is 7.93. The largest absolute Gasteiger partial charge is 0.465 e. The van der Waals surface area contributed by atoms with Gasteiger partial charge in [0.2, 0.25) is 0 Å². The maximum Gasteiger partial charge on any atom is 0.117 e. The molecular formula is C13H24N2O2. The van der Waals surface area contributed by atoms with Crippen molar-refractivity contribution in [3.63, 3.8) is 0 Å². The minimum Gasteiger partial charge on any atom is -0.465 e. The van der Waals surface area contributed by atoms with Crippen LogP contribution in [0.5, 0.6) is 0 Å². The van der Waals surface area contributed by atoms with Crippen LogP contribution in [-0.4, -0.2) is 42.8 Å². The molecule has 1 aromatic heterocycles. The van der Waals surface area contributed by atoms with E-state index in [9.17, 15) is 5.11 Å². The molecule has 1 atom stereocenters. The lowest BCUT2D eigenvalue weighted by Crippen LogP contribution is -2.45. The maximum absolute atomic E-state index is 10.1. The Morgan fingerprint density at radius 3 is 2.53 bits per heavy atom. The van der Waals surface area contributed by atoms with Crippen LogP contribution in [0.2, 0.25) is 0 Å². The van der Waals surface area contributed by atoms with Crippen molar-refractivity contribution >= 4 is 0 Å². The van der Waals surface area contributed by atoms with Gasteiger partial charge in [-0.2, -0.15) is 0 Å². The fraction of sp³-hybridized carbons (Fsp3) is 0.692. The number of rotatable bonds is 7. The summed E-state index contributed by atoms with van der Waals surface area (Å²) in [7, 11) is 3.91. The molecule has 0 aliphatic carbocycles. The number of nitrogens with one attached hydrogen (secondary N) is 1. The van der Waals surface area contributed by atoms with Crippen molar-refractivity contribution in [3.8, 4) is 0 Å². The third kappa shape index (κ3) is 5.35. The SMILES string of the molecule is CCc1ccc(CNCC(C)(O)CN(C)C)o1. The van der Waals surface area contributed by atoms with Crippen LogP contribution in [0.15, 0.2) is 16.5 Å². The average molecular weight is 240 g/mol. The molecule has 17 heavy (non-hydrogen) atoms. The van der Waals surface area contributed by atoms with Gasteiger partial charge in [-0.05, 0) is 33.2 Å². The summed E-state index contributed by atoms with van der Waals surface area (Å²) >= 11 is 0. The van der Waals surface area contributed by atoms with Gasteiger partial charge in [-0.1, -0.05) is 6.92 Å². The Kier molecular flexibility index (Phi) is 5.18. The van der Waals surface area contributed by atoms with Crippen LogP contribution in [0, 0.1) is 0 Å². The van der Waals surface area contributed by atoms with Gasteiger partial charge < -0.3 is 19.7 Å². The molecule has 4 heteroatoms. The van der Waals surface area contributed by atoms with Crippen molar-refractivity contribution in [1.82, 2.24) is 10.2 Å².